The highest BCUT2D eigenvalue weighted by molar-refractivity contribution is 5.95. The van der Waals surface area contributed by atoms with Crippen molar-refractivity contribution >= 4 is 35.4 Å². The van der Waals surface area contributed by atoms with Gasteiger partial charge in [-0.2, -0.15) is 5.26 Å². The molecule has 12 heteroatoms. The maximum Gasteiger partial charge on any atom is 0.410 e. The average molecular weight is 574 g/mol. The molecule has 1 aromatic carbocycles. The molecule has 226 valence electrons. The molecule has 0 aliphatic carbocycles. The minimum Gasteiger partial charge on any atom is -0.481 e. The van der Waals surface area contributed by atoms with Crippen LogP contribution in [0.4, 0.5) is 21.0 Å². The molecule has 0 saturated carbocycles. The third kappa shape index (κ3) is 11.2. The Morgan fingerprint density at radius 1 is 0.878 bits per heavy atom. The lowest BCUT2D eigenvalue weighted by molar-refractivity contribution is -0.143. The fourth-order valence-corrected chi connectivity index (χ4v) is 4.27. The summed E-state index contributed by atoms with van der Waals surface area (Å²) >= 11 is 0. The number of rotatable bonds is 3. The molecule has 2 heterocycles. The summed E-state index contributed by atoms with van der Waals surface area (Å²) in [6.07, 6.45) is 1.46. The van der Waals surface area contributed by atoms with Crippen molar-refractivity contribution in [1.29, 1.82) is 5.26 Å². The molecular formula is C29H43N5O7. The van der Waals surface area contributed by atoms with Crippen molar-refractivity contribution in [2.24, 2.45) is 11.8 Å². The second-order valence-corrected chi connectivity index (χ2v) is 12.2. The van der Waals surface area contributed by atoms with E-state index in [4.69, 9.17) is 25.6 Å². The summed E-state index contributed by atoms with van der Waals surface area (Å²) in [5, 5.41) is 20.5. The van der Waals surface area contributed by atoms with Gasteiger partial charge in [-0.25, -0.2) is 9.59 Å². The molecule has 1 aromatic rings. The number of anilines is 2. The molecule has 0 bridgehead atoms. The number of hydrogen-bond donors (Lipinski definition) is 3. The molecule has 0 atom stereocenters. The largest absolute Gasteiger partial charge is 0.481 e. The van der Waals surface area contributed by atoms with Gasteiger partial charge in [-0.1, -0.05) is 0 Å². The van der Waals surface area contributed by atoms with Crippen LogP contribution in [0, 0.1) is 23.2 Å². The van der Waals surface area contributed by atoms with Gasteiger partial charge in [0.1, 0.15) is 11.2 Å². The van der Waals surface area contributed by atoms with Gasteiger partial charge in [0.2, 0.25) is 5.91 Å². The number of carbonyl (C=O) groups is 4. The highest BCUT2D eigenvalue weighted by Crippen LogP contribution is 2.24. The number of nitrogens with two attached hydrogens (primary N) is 1. The maximum atomic E-state index is 12.4. The number of nitrogens with one attached hydrogen (secondary N) is 1. The Bertz CT molecular complexity index is 1130. The number of carboxylic acids is 1. The van der Waals surface area contributed by atoms with E-state index in [0.29, 0.717) is 68.8 Å². The quantitative estimate of drug-likeness (QED) is 0.441. The third-order valence-corrected chi connectivity index (χ3v) is 6.45. The Morgan fingerprint density at radius 3 is 1.68 bits per heavy atom. The normalized spacial score (nSPS) is 16.5. The van der Waals surface area contributed by atoms with Gasteiger partial charge in [0, 0.05) is 32.1 Å². The van der Waals surface area contributed by atoms with E-state index in [0.717, 1.165) is 0 Å². The van der Waals surface area contributed by atoms with Gasteiger partial charge < -0.3 is 35.4 Å². The number of carboxylic acid groups (broad SMARTS) is 1. The Morgan fingerprint density at radius 2 is 1.32 bits per heavy atom. The number of carbonyl (C=O) groups excluding carboxylic acids is 3. The first kappa shape index (κ1) is 33.2. The lowest BCUT2D eigenvalue weighted by atomic mass is 9.96. The molecule has 3 rings (SSSR count). The van der Waals surface area contributed by atoms with E-state index in [2.05, 4.69) is 5.32 Å². The molecule has 2 saturated heterocycles. The average Bonchev–Trinajstić information content (AvgIpc) is 2.88. The summed E-state index contributed by atoms with van der Waals surface area (Å²) in [4.78, 5) is 50.0. The van der Waals surface area contributed by atoms with E-state index in [1.165, 1.54) is 6.07 Å². The van der Waals surface area contributed by atoms with Crippen LogP contribution >= 0.6 is 0 Å². The lowest BCUT2D eigenvalue weighted by Crippen LogP contribution is -2.43. The Labute approximate surface area is 241 Å². The molecule has 2 fully saturated rings. The van der Waals surface area contributed by atoms with Gasteiger partial charge in [-0.3, -0.25) is 9.59 Å². The standard InChI is InChI=1S/C18H24N4O3.C11H19NO4/c1-18(2,3)25-17(24)22-8-6-13(7-9-22)16(23)21-15-5-4-12(11-19)10-14(15)20;1-11(2,3)16-10(15)12-6-4-8(5-7-12)9(13)14/h4-5,10,13H,6-9,20H2,1-3H3,(H,21,23);8H,4-7H2,1-3H3,(H,13,14). The second-order valence-electron chi connectivity index (χ2n) is 12.2. The number of hydrogen-bond acceptors (Lipinski definition) is 8. The first-order valence-electron chi connectivity index (χ1n) is 13.8. The van der Waals surface area contributed by atoms with Gasteiger partial charge in [0.05, 0.1) is 28.9 Å². The van der Waals surface area contributed by atoms with Crippen molar-refractivity contribution in [1.82, 2.24) is 9.80 Å². The molecule has 2 aliphatic rings. The molecular weight excluding hydrogens is 530 g/mol. The van der Waals surface area contributed by atoms with Crippen LogP contribution < -0.4 is 11.1 Å². The third-order valence-electron chi connectivity index (χ3n) is 6.45. The van der Waals surface area contributed by atoms with Crippen molar-refractivity contribution in [2.75, 3.05) is 37.2 Å². The predicted octanol–water partition coefficient (Wildman–Crippen LogP) is 4.44. The molecule has 41 heavy (non-hydrogen) atoms. The maximum absolute atomic E-state index is 12.4. The van der Waals surface area contributed by atoms with Crippen LogP contribution in [0.1, 0.15) is 72.8 Å². The number of ether oxygens (including phenoxy) is 2. The molecule has 2 aliphatic heterocycles. The summed E-state index contributed by atoms with van der Waals surface area (Å²) in [7, 11) is 0. The summed E-state index contributed by atoms with van der Waals surface area (Å²) in [6.45, 7) is 12.8. The zero-order valence-electron chi connectivity index (χ0n) is 24.9. The van der Waals surface area contributed by atoms with Gasteiger partial charge in [-0.05, 0) is 85.4 Å². The molecule has 0 radical (unpaired) electrons. The molecule has 3 amide bonds. The van der Waals surface area contributed by atoms with E-state index in [1.807, 2.05) is 47.6 Å². The van der Waals surface area contributed by atoms with Crippen LogP contribution in [0.5, 0.6) is 0 Å². The Balaban J connectivity index is 0.000000317. The number of nitrogen functional groups attached to an aromatic ring is 1. The van der Waals surface area contributed by atoms with E-state index in [-0.39, 0.29) is 29.9 Å². The monoisotopic (exact) mass is 573 g/mol. The van der Waals surface area contributed by atoms with E-state index in [9.17, 15) is 19.2 Å². The minimum absolute atomic E-state index is 0.125. The van der Waals surface area contributed by atoms with Gasteiger partial charge in [0.15, 0.2) is 0 Å². The number of benzene rings is 1. The fraction of sp³-hybridized carbons (Fsp3) is 0.621. The Hall–Kier alpha value is -4.01. The zero-order valence-corrected chi connectivity index (χ0v) is 24.9. The molecule has 0 aromatic heterocycles. The number of aliphatic carboxylic acids is 1. The summed E-state index contributed by atoms with van der Waals surface area (Å²) in [5.74, 6) is -1.41. The minimum atomic E-state index is -0.774. The number of nitrogens with zero attached hydrogens (tertiary/aromatic N) is 3. The van der Waals surface area contributed by atoms with Crippen LogP contribution in [0.3, 0.4) is 0 Å². The van der Waals surface area contributed by atoms with Gasteiger partial charge in [-0.15, -0.1) is 0 Å². The topological polar surface area (TPSA) is 175 Å². The highest BCUT2D eigenvalue weighted by Gasteiger charge is 2.31. The van der Waals surface area contributed by atoms with Gasteiger partial charge >= 0.3 is 18.2 Å². The summed E-state index contributed by atoms with van der Waals surface area (Å²) in [5.41, 5.74) is 6.14. The molecule has 12 nitrogen and oxygen atoms in total. The first-order valence-corrected chi connectivity index (χ1v) is 13.8. The fourth-order valence-electron chi connectivity index (χ4n) is 4.27. The van der Waals surface area contributed by atoms with E-state index < -0.39 is 17.2 Å². The highest BCUT2D eigenvalue weighted by atomic mass is 16.6. The molecule has 0 spiro atoms. The summed E-state index contributed by atoms with van der Waals surface area (Å²) < 4.78 is 10.6. The zero-order chi connectivity index (χ0) is 31.0. The first-order chi connectivity index (χ1) is 19.0. The van der Waals surface area contributed by atoms with Crippen molar-refractivity contribution < 1.29 is 33.8 Å². The number of nitriles is 1. The van der Waals surface area contributed by atoms with Crippen LogP contribution in [-0.2, 0) is 19.1 Å². The smallest absolute Gasteiger partial charge is 0.410 e. The van der Waals surface area contributed by atoms with Crippen LogP contribution in [0.2, 0.25) is 0 Å². The predicted molar refractivity (Wildman–Crippen MR) is 153 cm³/mol. The number of amides is 3. The van der Waals surface area contributed by atoms with Crippen LogP contribution in [0.25, 0.3) is 0 Å². The SMILES string of the molecule is CC(C)(C)OC(=O)N1CCC(C(=O)Nc2ccc(C#N)cc2N)CC1.CC(C)(C)OC(=O)N1CCC(C(=O)O)CC1. The number of piperidine rings is 2. The Kier molecular flexibility index (Phi) is 11.4. The molecule has 0 unspecified atom stereocenters. The van der Waals surface area contributed by atoms with Crippen molar-refractivity contribution in [3.05, 3.63) is 23.8 Å². The van der Waals surface area contributed by atoms with Crippen molar-refractivity contribution in [3.8, 4) is 6.07 Å². The number of likely N-dealkylation sites (tertiary alicyclic amines) is 2. The van der Waals surface area contributed by atoms with Gasteiger partial charge in [0.25, 0.3) is 0 Å². The van der Waals surface area contributed by atoms with E-state index in [1.54, 1.807) is 21.9 Å². The van der Waals surface area contributed by atoms with Crippen LogP contribution in [-0.4, -0.2) is 76.4 Å². The van der Waals surface area contributed by atoms with Crippen molar-refractivity contribution in [2.45, 2.75) is 78.4 Å². The lowest BCUT2D eigenvalue weighted by Gasteiger charge is -2.33. The van der Waals surface area contributed by atoms with Crippen LogP contribution in [0.15, 0.2) is 18.2 Å². The second kappa shape index (κ2) is 14.1. The van der Waals surface area contributed by atoms with Crippen molar-refractivity contribution in [3.63, 3.8) is 0 Å². The summed E-state index contributed by atoms with van der Waals surface area (Å²) in [6, 6.07) is 6.76. The molecule has 4 N–H and O–H groups in total. The van der Waals surface area contributed by atoms with E-state index >= 15 is 0 Å².